The van der Waals surface area contributed by atoms with Crippen molar-refractivity contribution in [3.8, 4) is 0 Å². The first kappa shape index (κ1) is 25.8. The van der Waals surface area contributed by atoms with Gasteiger partial charge in [0.05, 0.1) is 42.8 Å². The van der Waals surface area contributed by atoms with Crippen molar-refractivity contribution in [2.75, 3.05) is 4.90 Å². The van der Waals surface area contributed by atoms with Gasteiger partial charge in [0, 0.05) is 5.69 Å². The van der Waals surface area contributed by atoms with Crippen molar-refractivity contribution in [3.05, 3.63) is 96.7 Å². The third-order valence-electron chi connectivity index (χ3n) is 6.14. The lowest BCUT2D eigenvalue weighted by molar-refractivity contribution is -0.137. The van der Waals surface area contributed by atoms with E-state index in [0.717, 1.165) is 35.2 Å². The third-order valence-corrected chi connectivity index (χ3v) is 7.94. The molecule has 0 spiro atoms. The van der Waals surface area contributed by atoms with Crippen LogP contribution in [-0.2, 0) is 11.0 Å². The molecule has 0 N–H and O–H groups in total. The van der Waals surface area contributed by atoms with Crippen LogP contribution in [0.4, 0.5) is 23.2 Å². The molecule has 1 fully saturated rings. The summed E-state index contributed by atoms with van der Waals surface area (Å²) < 4.78 is 53.7. The second-order valence-corrected chi connectivity index (χ2v) is 9.70. The van der Waals surface area contributed by atoms with Crippen LogP contribution >= 0.6 is 46.4 Å². The molecule has 2 unspecified atom stereocenters. The molecule has 0 aliphatic carbocycles. The number of nitrogens with zero attached hydrogens (tertiary/aromatic N) is 2. The number of hydrogen-bond donors (Lipinski definition) is 0. The number of fused-ring (bicyclic) bond motifs is 1. The van der Waals surface area contributed by atoms with Gasteiger partial charge in [0.15, 0.2) is 0 Å². The third kappa shape index (κ3) is 3.87. The van der Waals surface area contributed by atoms with Gasteiger partial charge in [-0.3, -0.25) is 19.3 Å². The molecular weight excluding hydrogens is 582 g/mol. The molecular formula is C24H10Cl4F4N2O3. The van der Waals surface area contributed by atoms with Crippen molar-refractivity contribution in [1.82, 2.24) is 4.90 Å². The summed E-state index contributed by atoms with van der Waals surface area (Å²) in [5.41, 5.74) is -1.59. The summed E-state index contributed by atoms with van der Waals surface area (Å²) in [5.74, 6) is -3.44. The van der Waals surface area contributed by atoms with Gasteiger partial charge >= 0.3 is 6.18 Å². The summed E-state index contributed by atoms with van der Waals surface area (Å²) in [7, 11) is 0. The maximum Gasteiger partial charge on any atom is 0.416 e. The highest BCUT2D eigenvalue weighted by atomic mass is 35.5. The summed E-state index contributed by atoms with van der Waals surface area (Å²) in [6.07, 6.45) is -4.69. The fraction of sp³-hybridized carbons (Fsp3) is 0.125. The number of hydrogen-bond acceptors (Lipinski definition) is 3. The molecule has 5 nitrogen and oxygen atoms in total. The van der Waals surface area contributed by atoms with E-state index in [-0.39, 0.29) is 42.5 Å². The molecule has 13 heteroatoms. The second kappa shape index (κ2) is 8.87. The number of halogens is 8. The van der Waals surface area contributed by atoms with Crippen LogP contribution < -0.4 is 4.90 Å². The molecule has 2 aliphatic rings. The van der Waals surface area contributed by atoms with Crippen LogP contribution in [0, 0.1) is 5.82 Å². The van der Waals surface area contributed by atoms with Gasteiger partial charge in [-0.15, -0.1) is 0 Å². The highest BCUT2D eigenvalue weighted by Gasteiger charge is 2.58. The molecule has 5 rings (SSSR count). The van der Waals surface area contributed by atoms with E-state index in [2.05, 4.69) is 0 Å². The maximum absolute atomic E-state index is 13.6. The monoisotopic (exact) mass is 590 g/mol. The van der Waals surface area contributed by atoms with Gasteiger partial charge in [-0.2, -0.15) is 13.2 Å². The molecule has 3 aromatic rings. The van der Waals surface area contributed by atoms with Gasteiger partial charge in [0.2, 0.25) is 0 Å². The quantitative estimate of drug-likeness (QED) is 0.106. The number of amides is 3. The Morgan fingerprint density at radius 1 is 0.703 bits per heavy atom. The summed E-state index contributed by atoms with van der Waals surface area (Å²) in [5, 5.41) is -1.22. The number of imide groups is 1. The molecule has 3 aromatic carbocycles. The number of rotatable bonds is 3. The average molecular weight is 592 g/mol. The minimum absolute atomic E-state index is 0.135. The first-order chi connectivity index (χ1) is 17.3. The highest BCUT2D eigenvalue weighted by Crippen LogP contribution is 2.49. The zero-order valence-corrected chi connectivity index (χ0v) is 20.9. The molecule has 1 saturated heterocycles. The van der Waals surface area contributed by atoms with Crippen LogP contribution in [0.25, 0.3) is 0 Å². The number of carbonyl (C=O) groups excluding carboxylic acids is 3. The van der Waals surface area contributed by atoms with E-state index in [9.17, 15) is 31.9 Å². The van der Waals surface area contributed by atoms with Crippen LogP contribution in [0.3, 0.4) is 0 Å². The zero-order chi connectivity index (χ0) is 27.0. The van der Waals surface area contributed by atoms with Crippen molar-refractivity contribution in [2.45, 2.75) is 18.3 Å². The minimum atomic E-state index is -4.69. The largest absolute Gasteiger partial charge is 0.416 e. The van der Waals surface area contributed by atoms with Crippen molar-refractivity contribution in [3.63, 3.8) is 0 Å². The Labute approximate surface area is 226 Å². The Morgan fingerprint density at radius 2 is 1.24 bits per heavy atom. The summed E-state index contributed by atoms with van der Waals surface area (Å²) in [6, 6.07) is 6.09. The van der Waals surface area contributed by atoms with Crippen LogP contribution in [0.5, 0.6) is 0 Å². The van der Waals surface area contributed by atoms with Crippen LogP contribution in [0.15, 0.2) is 48.5 Å². The van der Waals surface area contributed by atoms with Crippen molar-refractivity contribution < 1.29 is 31.9 Å². The predicted octanol–water partition coefficient (Wildman–Crippen LogP) is 7.21. The number of benzene rings is 3. The second-order valence-electron chi connectivity index (χ2n) is 8.18. The van der Waals surface area contributed by atoms with Gasteiger partial charge in [0.1, 0.15) is 11.9 Å². The van der Waals surface area contributed by atoms with E-state index < -0.39 is 47.4 Å². The lowest BCUT2D eigenvalue weighted by Gasteiger charge is -2.49. The molecule has 37 heavy (non-hydrogen) atoms. The normalized spacial score (nSPS) is 19.4. The standard InChI is InChI=1S/C24H10Cl4F4N2O3/c25-15-13-14(16(26)18(28)17(15)27)22(36)34(21(13)35)20-19(9-4-6-11(29)7-5-9)33(23(20)37)12-3-1-2-10(8-12)24(30,31)32/h1-8,19-20H. The van der Waals surface area contributed by atoms with E-state index in [0.29, 0.717) is 4.90 Å². The molecule has 2 heterocycles. The van der Waals surface area contributed by atoms with E-state index >= 15 is 0 Å². The Balaban J connectivity index is 1.63. The predicted molar refractivity (Wildman–Crippen MR) is 129 cm³/mol. The smallest absolute Gasteiger partial charge is 0.300 e. The molecule has 3 amide bonds. The number of anilines is 1. The van der Waals surface area contributed by atoms with Gasteiger partial charge in [-0.1, -0.05) is 64.6 Å². The Hall–Kier alpha value is -2.85. The van der Waals surface area contributed by atoms with E-state index in [4.69, 9.17) is 46.4 Å². The van der Waals surface area contributed by atoms with Crippen molar-refractivity contribution >= 4 is 69.8 Å². The lowest BCUT2D eigenvalue weighted by Crippen LogP contribution is -2.67. The molecule has 0 bridgehead atoms. The fourth-order valence-corrected chi connectivity index (χ4v) is 5.47. The summed E-state index contributed by atoms with van der Waals surface area (Å²) in [6.45, 7) is 0. The molecule has 2 aliphatic heterocycles. The molecule has 0 radical (unpaired) electrons. The Bertz CT molecular complexity index is 1460. The molecule has 2 atom stereocenters. The number of carbonyl (C=O) groups is 3. The Kier molecular flexibility index (Phi) is 6.18. The number of alkyl halides is 3. The summed E-state index contributed by atoms with van der Waals surface area (Å²) >= 11 is 24.5. The van der Waals surface area contributed by atoms with Gasteiger partial charge in [-0.05, 0) is 35.9 Å². The van der Waals surface area contributed by atoms with Crippen molar-refractivity contribution in [2.24, 2.45) is 0 Å². The lowest BCUT2D eigenvalue weighted by atomic mass is 9.86. The molecule has 0 aromatic heterocycles. The van der Waals surface area contributed by atoms with Crippen molar-refractivity contribution in [1.29, 1.82) is 0 Å². The maximum atomic E-state index is 13.6. The van der Waals surface area contributed by atoms with Crippen LogP contribution in [-0.4, -0.2) is 28.7 Å². The van der Waals surface area contributed by atoms with E-state index in [1.54, 1.807) is 0 Å². The fourth-order valence-electron chi connectivity index (χ4n) is 4.46. The molecule has 190 valence electrons. The van der Waals surface area contributed by atoms with Gasteiger partial charge in [-0.25, -0.2) is 4.39 Å². The average Bonchev–Trinajstić information content (AvgIpc) is 3.10. The zero-order valence-electron chi connectivity index (χ0n) is 17.9. The molecule has 0 saturated carbocycles. The van der Waals surface area contributed by atoms with E-state index in [1.165, 1.54) is 18.2 Å². The van der Waals surface area contributed by atoms with E-state index in [1.807, 2.05) is 0 Å². The SMILES string of the molecule is O=C1c2c(Cl)c(Cl)c(Cl)c(Cl)c2C(=O)N1C1C(=O)N(c2cccc(C(F)(F)F)c2)C1c1ccc(F)cc1. The summed E-state index contributed by atoms with van der Waals surface area (Å²) in [4.78, 5) is 41.8. The van der Waals surface area contributed by atoms with Crippen LogP contribution in [0.1, 0.15) is 37.9 Å². The first-order valence-electron chi connectivity index (χ1n) is 10.3. The number of β-lactam (4-membered cyclic amide) rings is 1. The minimum Gasteiger partial charge on any atom is -0.300 e. The Morgan fingerprint density at radius 3 is 1.76 bits per heavy atom. The van der Waals surface area contributed by atoms with Gasteiger partial charge < -0.3 is 4.90 Å². The first-order valence-corrected chi connectivity index (χ1v) is 11.9. The van der Waals surface area contributed by atoms with Crippen LogP contribution in [0.2, 0.25) is 20.1 Å². The highest BCUT2D eigenvalue weighted by molar-refractivity contribution is 6.55. The van der Waals surface area contributed by atoms with Gasteiger partial charge in [0.25, 0.3) is 17.7 Å². The topological polar surface area (TPSA) is 57.7 Å².